The van der Waals surface area contributed by atoms with Gasteiger partial charge in [0.15, 0.2) is 0 Å². The molecule has 15 heavy (non-hydrogen) atoms. The molecule has 82 valence electrons. The van der Waals surface area contributed by atoms with Crippen LogP contribution in [0.25, 0.3) is 0 Å². The third kappa shape index (κ3) is 3.20. The molecule has 0 spiro atoms. The summed E-state index contributed by atoms with van der Waals surface area (Å²) in [6, 6.07) is 0. The van der Waals surface area contributed by atoms with Crippen LogP contribution in [0.4, 0.5) is 8.78 Å². The number of rotatable bonds is 3. The normalized spacial score (nSPS) is 10.7. The Hall–Kier alpha value is -0.0600. The Kier molecular flexibility index (Phi) is 4.62. The molecular formula is C8H5F2I2NO2. The summed E-state index contributed by atoms with van der Waals surface area (Å²) in [5.74, 6) is -1.14. The molecule has 0 saturated carbocycles. The molecule has 0 fully saturated rings. The van der Waals surface area contributed by atoms with Crippen LogP contribution < -0.4 is 0 Å². The summed E-state index contributed by atoms with van der Waals surface area (Å²) in [6.07, 6.45) is -1.91. The van der Waals surface area contributed by atoms with Crippen LogP contribution in [0, 0.1) is 7.27 Å². The smallest absolute Gasteiger partial charge is 0.307 e. The van der Waals surface area contributed by atoms with Gasteiger partial charge in [-0.2, -0.15) is 0 Å². The third-order valence-corrected chi connectivity index (χ3v) is 4.60. The maximum atomic E-state index is 12.7. The lowest BCUT2D eigenvalue weighted by atomic mass is 10.1. The summed E-state index contributed by atoms with van der Waals surface area (Å²) in [6.45, 7) is 0. The van der Waals surface area contributed by atoms with Gasteiger partial charge in [0.2, 0.25) is 0 Å². The fraction of sp³-hybridized carbons (Fsp3) is 0.250. The molecule has 1 aromatic rings. The second-order valence-electron chi connectivity index (χ2n) is 2.67. The van der Waals surface area contributed by atoms with Crippen molar-refractivity contribution in [2.75, 3.05) is 0 Å². The van der Waals surface area contributed by atoms with E-state index in [1.54, 1.807) is 22.6 Å². The molecule has 0 aliphatic carbocycles. The van der Waals surface area contributed by atoms with E-state index >= 15 is 0 Å². The zero-order valence-corrected chi connectivity index (χ0v) is 11.5. The molecule has 0 amide bonds. The highest BCUT2D eigenvalue weighted by Crippen LogP contribution is 2.30. The van der Waals surface area contributed by atoms with Gasteiger partial charge in [-0.25, -0.2) is 13.8 Å². The van der Waals surface area contributed by atoms with Crippen LogP contribution in [0.5, 0.6) is 0 Å². The zero-order chi connectivity index (χ0) is 11.6. The van der Waals surface area contributed by atoms with Gasteiger partial charge in [-0.05, 0) is 50.7 Å². The molecule has 0 aliphatic rings. The van der Waals surface area contributed by atoms with Gasteiger partial charge in [-0.15, -0.1) is 0 Å². The maximum Gasteiger partial charge on any atom is 0.307 e. The first-order valence-electron chi connectivity index (χ1n) is 3.76. The molecule has 0 atom stereocenters. The van der Waals surface area contributed by atoms with E-state index in [1.807, 2.05) is 22.6 Å². The van der Waals surface area contributed by atoms with E-state index in [0.717, 1.165) is 0 Å². The largest absolute Gasteiger partial charge is 0.481 e. The molecule has 1 rings (SSSR count). The number of hydrogen-bond acceptors (Lipinski definition) is 2. The van der Waals surface area contributed by atoms with E-state index in [0.29, 0.717) is 7.27 Å². The van der Waals surface area contributed by atoms with Gasteiger partial charge in [-0.3, -0.25) is 4.79 Å². The third-order valence-electron chi connectivity index (χ3n) is 1.66. The van der Waals surface area contributed by atoms with Crippen molar-refractivity contribution in [2.45, 2.75) is 12.8 Å². The van der Waals surface area contributed by atoms with Gasteiger partial charge in [-0.1, -0.05) is 0 Å². The van der Waals surface area contributed by atoms with Crippen LogP contribution >= 0.6 is 45.2 Å². The first-order valence-corrected chi connectivity index (χ1v) is 5.92. The quantitative estimate of drug-likeness (QED) is 0.583. The van der Waals surface area contributed by atoms with Crippen LogP contribution in [0.3, 0.4) is 0 Å². The van der Waals surface area contributed by atoms with Gasteiger partial charge in [0.1, 0.15) is 3.70 Å². The Morgan fingerprint density at radius 2 is 2.13 bits per heavy atom. The Balaban J connectivity index is 3.26. The highest BCUT2D eigenvalue weighted by Gasteiger charge is 2.20. The minimum Gasteiger partial charge on any atom is -0.481 e. The highest BCUT2D eigenvalue weighted by atomic mass is 127. The summed E-state index contributed by atoms with van der Waals surface area (Å²) in [7, 11) is 0. The molecule has 0 bridgehead atoms. The summed E-state index contributed by atoms with van der Waals surface area (Å²) in [4.78, 5) is 14.3. The number of pyridine rings is 1. The van der Waals surface area contributed by atoms with Gasteiger partial charge in [0.05, 0.1) is 9.99 Å². The molecule has 0 radical (unpaired) electrons. The van der Waals surface area contributed by atoms with Crippen molar-refractivity contribution >= 4 is 51.2 Å². The Morgan fingerprint density at radius 1 is 1.53 bits per heavy atom. The summed E-state index contributed by atoms with van der Waals surface area (Å²) in [5.41, 5.74) is -0.153. The van der Waals surface area contributed by atoms with Crippen LogP contribution in [0.1, 0.15) is 17.6 Å². The minimum absolute atomic E-state index is 0.0716. The van der Waals surface area contributed by atoms with Crippen molar-refractivity contribution in [3.05, 3.63) is 24.6 Å². The van der Waals surface area contributed by atoms with Gasteiger partial charge in [0, 0.05) is 11.8 Å². The molecule has 1 heterocycles. The molecule has 3 nitrogen and oxygen atoms in total. The monoisotopic (exact) mass is 439 g/mol. The van der Waals surface area contributed by atoms with E-state index in [4.69, 9.17) is 5.11 Å². The minimum atomic E-state index is -2.68. The fourth-order valence-electron chi connectivity index (χ4n) is 1.05. The summed E-state index contributed by atoms with van der Waals surface area (Å²) < 4.78 is 26.2. The van der Waals surface area contributed by atoms with Crippen LogP contribution in [-0.2, 0) is 11.2 Å². The Labute approximate surface area is 112 Å². The van der Waals surface area contributed by atoms with E-state index in [9.17, 15) is 13.6 Å². The number of carboxylic acid groups (broad SMARTS) is 1. The Morgan fingerprint density at radius 3 is 2.60 bits per heavy atom. The van der Waals surface area contributed by atoms with Gasteiger partial charge >= 0.3 is 5.97 Å². The van der Waals surface area contributed by atoms with E-state index in [-0.39, 0.29) is 11.1 Å². The summed E-state index contributed by atoms with van der Waals surface area (Å²) in [5, 5.41) is 8.56. The number of carboxylic acids is 1. The van der Waals surface area contributed by atoms with Crippen LogP contribution in [-0.4, -0.2) is 16.1 Å². The number of alkyl halides is 2. The SMILES string of the molecule is O=C(O)Cc1cnc(I)c(I)c1C(F)F. The lowest BCUT2D eigenvalue weighted by Crippen LogP contribution is -2.08. The fourth-order valence-corrected chi connectivity index (χ4v) is 2.20. The number of aliphatic carboxylic acids is 1. The molecule has 1 N–H and O–H groups in total. The van der Waals surface area contributed by atoms with Crippen molar-refractivity contribution in [1.82, 2.24) is 4.98 Å². The maximum absolute atomic E-state index is 12.7. The second-order valence-corrected chi connectivity index (χ2v) is 4.77. The molecule has 0 aliphatic heterocycles. The van der Waals surface area contributed by atoms with E-state index < -0.39 is 18.8 Å². The van der Waals surface area contributed by atoms with Crippen LogP contribution in [0.15, 0.2) is 6.20 Å². The average Bonchev–Trinajstić information content (AvgIpc) is 2.10. The zero-order valence-electron chi connectivity index (χ0n) is 7.18. The molecule has 7 heteroatoms. The van der Waals surface area contributed by atoms with Crippen molar-refractivity contribution in [2.24, 2.45) is 0 Å². The second kappa shape index (κ2) is 5.32. The molecule has 0 unspecified atom stereocenters. The van der Waals surface area contributed by atoms with Crippen molar-refractivity contribution in [3.8, 4) is 0 Å². The average molecular weight is 439 g/mol. The first kappa shape index (κ1) is 13.0. The number of aromatic nitrogens is 1. The highest BCUT2D eigenvalue weighted by molar-refractivity contribution is 14.1. The van der Waals surface area contributed by atoms with E-state index in [1.165, 1.54) is 6.20 Å². The molecule has 0 saturated heterocycles. The molecule has 0 aromatic carbocycles. The molecular weight excluding hydrogens is 434 g/mol. The number of nitrogens with zero attached hydrogens (tertiary/aromatic N) is 1. The van der Waals surface area contributed by atoms with Crippen molar-refractivity contribution in [3.63, 3.8) is 0 Å². The Bertz CT molecular complexity index is 398. The predicted molar refractivity (Wildman–Crippen MR) is 66.0 cm³/mol. The lowest BCUT2D eigenvalue weighted by Gasteiger charge is -2.09. The van der Waals surface area contributed by atoms with E-state index in [2.05, 4.69) is 4.98 Å². The lowest BCUT2D eigenvalue weighted by molar-refractivity contribution is -0.136. The standard InChI is InChI=1S/C8H5F2I2NO2/c9-7(10)5-3(1-4(14)15)2-13-8(12)6(5)11/h2,7H,1H2,(H,14,15). The van der Waals surface area contributed by atoms with Crippen LogP contribution in [0.2, 0.25) is 0 Å². The predicted octanol–water partition coefficient (Wildman–Crippen LogP) is 2.86. The number of hydrogen-bond donors (Lipinski definition) is 1. The molecule has 1 aromatic heterocycles. The van der Waals surface area contributed by atoms with Crippen molar-refractivity contribution < 1.29 is 18.7 Å². The summed E-state index contributed by atoms with van der Waals surface area (Å²) >= 11 is 3.58. The van der Waals surface area contributed by atoms with Gasteiger partial charge < -0.3 is 5.11 Å². The number of halogens is 4. The topological polar surface area (TPSA) is 50.2 Å². The number of carbonyl (C=O) groups is 1. The first-order chi connectivity index (χ1) is 6.93. The van der Waals surface area contributed by atoms with Crippen molar-refractivity contribution in [1.29, 1.82) is 0 Å². The van der Waals surface area contributed by atoms with Gasteiger partial charge in [0.25, 0.3) is 6.43 Å².